The van der Waals surface area contributed by atoms with E-state index in [1.165, 1.54) is 11.1 Å². The van der Waals surface area contributed by atoms with Crippen LogP contribution in [0.1, 0.15) is 11.1 Å². The molecule has 2 aromatic carbocycles. The summed E-state index contributed by atoms with van der Waals surface area (Å²) in [5.41, 5.74) is 3.55. The van der Waals surface area contributed by atoms with Crippen molar-refractivity contribution in [3.05, 3.63) is 77.9 Å². The lowest BCUT2D eigenvalue weighted by atomic mass is 9.98. The predicted octanol–water partition coefficient (Wildman–Crippen LogP) is 4.11. The maximum absolute atomic E-state index is 3.16. The van der Waals surface area contributed by atoms with E-state index in [4.69, 9.17) is 0 Å². The van der Waals surface area contributed by atoms with E-state index in [0.717, 1.165) is 12.1 Å². The fraction of sp³-hybridized carbons (Fsp3) is 0.158. The van der Waals surface area contributed by atoms with Gasteiger partial charge in [-0.05, 0) is 36.9 Å². The van der Waals surface area contributed by atoms with Crippen molar-refractivity contribution in [1.82, 2.24) is 4.90 Å². The minimum Gasteiger partial charge on any atom is -0.299 e. The van der Waals surface area contributed by atoms with Gasteiger partial charge in [-0.2, -0.15) is 0 Å². The third-order valence-electron chi connectivity index (χ3n) is 2.88. The summed E-state index contributed by atoms with van der Waals surface area (Å²) in [6.07, 6.45) is 2.01. The highest BCUT2D eigenvalue weighted by molar-refractivity contribution is 5.85. The van der Waals surface area contributed by atoms with Gasteiger partial charge in [0.2, 0.25) is 0 Å². The number of benzene rings is 2. The first-order valence-electron chi connectivity index (χ1n) is 6.71. The van der Waals surface area contributed by atoms with Crippen LogP contribution in [-0.2, 0) is 0 Å². The third-order valence-corrected chi connectivity index (χ3v) is 2.88. The molecule has 0 saturated heterocycles. The zero-order valence-electron chi connectivity index (χ0n) is 12.4. The summed E-state index contributed by atoms with van der Waals surface area (Å²) in [6, 6.07) is 20.8. The molecule has 0 radical (unpaired) electrons. The van der Waals surface area contributed by atoms with Crippen LogP contribution in [0.4, 0.5) is 0 Å². The highest BCUT2D eigenvalue weighted by atomic mass is 35.5. The first kappa shape index (κ1) is 17.0. The molecule has 0 aromatic heterocycles. The largest absolute Gasteiger partial charge is 0.299 e. The van der Waals surface area contributed by atoms with Crippen molar-refractivity contribution in [3.63, 3.8) is 0 Å². The third kappa shape index (κ3) is 5.47. The van der Waals surface area contributed by atoms with Crippen LogP contribution in [0.3, 0.4) is 0 Å². The van der Waals surface area contributed by atoms with Gasteiger partial charge >= 0.3 is 0 Å². The Hall–Kier alpha value is -2.01. The number of hydrogen-bond acceptors (Lipinski definition) is 1. The van der Waals surface area contributed by atoms with Crippen molar-refractivity contribution in [2.75, 3.05) is 20.6 Å². The van der Waals surface area contributed by atoms with Crippen LogP contribution in [-0.4, -0.2) is 25.5 Å². The Balaban J connectivity index is 0.00000220. The quantitative estimate of drug-likeness (QED) is 0.771. The summed E-state index contributed by atoms with van der Waals surface area (Å²) < 4.78 is 0. The fourth-order valence-corrected chi connectivity index (χ4v) is 1.90. The number of allylic oxidation sites excluding steroid dienone is 1. The topological polar surface area (TPSA) is 3.24 Å². The van der Waals surface area contributed by atoms with Gasteiger partial charge in [0.1, 0.15) is 0 Å². The van der Waals surface area contributed by atoms with Crippen LogP contribution < -0.4 is 0 Å². The zero-order valence-corrected chi connectivity index (χ0v) is 13.2. The van der Waals surface area contributed by atoms with Crippen molar-refractivity contribution in [3.8, 4) is 11.8 Å². The van der Waals surface area contributed by atoms with Gasteiger partial charge in [-0.1, -0.05) is 72.5 Å². The lowest BCUT2D eigenvalue weighted by molar-refractivity contribution is 0.464. The smallest absolute Gasteiger partial charge is 0.0600 e. The second-order valence-corrected chi connectivity index (χ2v) is 4.85. The van der Waals surface area contributed by atoms with Gasteiger partial charge in [-0.3, -0.25) is 4.90 Å². The van der Waals surface area contributed by atoms with Gasteiger partial charge in [-0.15, -0.1) is 12.4 Å². The molecule has 0 spiro atoms. The number of rotatable bonds is 3. The Morgan fingerprint density at radius 3 is 1.81 bits per heavy atom. The summed E-state index contributed by atoms with van der Waals surface area (Å²) in [4.78, 5) is 2.06. The van der Waals surface area contributed by atoms with Crippen LogP contribution >= 0.6 is 12.4 Å². The Labute approximate surface area is 133 Å². The van der Waals surface area contributed by atoms with E-state index in [0.29, 0.717) is 0 Å². The van der Waals surface area contributed by atoms with Crippen LogP contribution in [0.25, 0.3) is 5.57 Å². The SMILES string of the molecule is CN(C)CC#CC=C(c1ccccc1)c1ccccc1.Cl. The van der Waals surface area contributed by atoms with E-state index in [9.17, 15) is 0 Å². The standard InChI is InChI=1S/C19H19N.ClH/c1-20(2)16-10-9-15-19(17-11-5-3-6-12-17)18-13-7-4-8-14-18;/h3-8,11-15H,16H2,1-2H3;1H. The summed E-state index contributed by atoms with van der Waals surface area (Å²) in [5.74, 6) is 6.31. The summed E-state index contributed by atoms with van der Waals surface area (Å²) >= 11 is 0. The Morgan fingerprint density at radius 2 is 1.38 bits per heavy atom. The Bertz CT molecular complexity index is 577. The molecule has 0 aliphatic rings. The molecule has 0 saturated carbocycles. The van der Waals surface area contributed by atoms with E-state index < -0.39 is 0 Å². The van der Waals surface area contributed by atoms with Gasteiger partial charge in [0, 0.05) is 0 Å². The van der Waals surface area contributed by atoms with E-state index in [1.54, 1.807) is 0 Å². The Morgan fingerprint density at radius 1 is 0.905 bits per heavy atom. The number of nitrogens with zero attached hydrogens (tertiary/aromatic N) is 1. The molecule has 0 aliphatic heterocycles. The first-order chi connectivity index (χ1) is 9.77. The van der Waals surface area contributed by atoms with Gasteiger partial charge in [0.15, 0.2) is 0 Å². The molecule has 2 heteroatoms. The van der Waals surface area contributed by atoms with Gasteiger partial charge in [-0.25, -0.2) is 0 Å². The molecule has 0 atom stereocenters. The predicted molar refractivity (Wildman–Crippen MR) is 93.5 cm³/mol. The molecule has 0 unspecified atom stereocenters. The van der Waals surface area contributed by atoms with Crippen molar-refractivity contribution in [2.24, 2.45) is 0 Å². The molecule has 1 nitrogen and oxygen atoms in total. The van der Waals surface area contributed by atoms with Crippen LogP contribution in [0.2, 0.25) is 0 Å². The lowest BCUT2D eigenvalue weighted by Crippen LogP contribution is -2.10. The number of halogens is 1. The van der Waals surface area contributed by atoms with E-state index in [2.05, 4.69) is 65.3 Å². The second-order valence-electron chi connectivity index (χ2n) is 4.85. The molecule has 0 heterocycles. The minimum atomic E-state index is 0. The van der Waals surface area contributed by atoms with Gasteiger partial charge in [0.25, 0.3) is 0 Å². The van der Waals surface area contributed by atoms with Crippen molar-refractivity contribution in [1.29, 1.82) is 0 Å². The molecule has 0 fully saturated rings. The normalized spacial score (nSPS) is 9.29. The summed E-state index contributed by atoms with van der Waals surface area (Å²) in [5, 5.41) is 0. The first-order valence-corrected chi connectivity index (χ1v) is 6.71. The van der Waals surface area contributed by atoms with E-state index in [1.807, 2.05) is 32.3 Å². The molecule has 108 valence electrons. The monoisotopic (exact) mass is 297 g/mol. The second kappa shape index (κ2) is 9.02. The molecule has 0 aliphatic carbocycles. The maximum atomic E-state index is 3.16. The van der Waals surface area contributed by atoms with Gasteiger partial charge < -0.3 is 0 Å². The van der Waals surface area contributed by atoms with Crippen molar-refractivity contribution in [2.45, 2.75) is 0 Å². The summed E-state index contributed by atoms with van der Waals surface area (Å²) in [6.45, 7) is 0.771. The molecular weight excluding hydrogens is 278 g/mol. The van der Waals surface area contributed by atoms with Crippen LogP contribution in [0.5, 0.6) is 0 Å². The number of hydrogen-bond donors (Lipinski definition) is 0. The molecule has 2 aromatic rings. The average molecular weight is 298 g/mol. The highest BCUT2D eigenvalue weighted by Crippen LogP contribution is 2.22. The lowest BCUT2D eigenvalue weighted by Gasteiger charge is -2.06. The molecule has 2 rings (SSSR count). The summed E-state index contributed by atoms with van der Waals surface area (Å²) in [7, 11) is 4.04. The molecule has 21 heavy (non-hydrogen) atoms. The van der Waals surface area contributed by atoms with Crippen molar-refractivity contribution < 1.29 is 0 Å². The molecular formula is C19H20ClN. The fourth-order valence-electron chi connectivity index (χ4n) is 1.90. The van der Waals surface area contributed by atoms with Crippen LogP contribution in [0, 0.1) is 11.8 Å². The van der Waals surface area contributed by atoms with Gasteiger partial charge in [0.05, 0.1) is 6.54 Å². The molecule has 0 amide bonds. The molecule has 0 N–H and O–H groups in total. The zero-order chi connectivity index (χ0) is 14.2. The maximum Gasteiger partial charge on any atom is 0.0600 e. The highest BCUT2D eigenvalue weighted by Gasteiger charge is 2.02. The van der Waals surface area contributed by atoms with E-state index >= 15 is 0 Å². The molecule has 0 bridgehead atoms. The van der Waals surface area contributed by atoms with Crippen LogP contribution in [0.15, 0.2) is 66.7 Å². The van der Waals surface area contributed by atoms with E-state index in [-0.39, 0.29) is 12.4 Å². The van der Waals surface area contributed by atoms with Crippen molar-refractivity contribution >= 4 is 18.0 Å². The minimum absolute atomic E-state index is 0. The Kier molecular flexibility index (Phi) is 7.32. The average Bonchev–Trinajstić information content (AvgIpc) is 2.49.